The van der Waals surface area contributed by atoms with E-state index in [0.29, 0.717) is 6.61 Å². The van der Waals surface area contributed by atoms with Crippen molar-refractivity contribution in [2.45, 2.75) is 27.3 Å². The van der Waals surface area contributed by atoms with E-state index in [9.17, 15) is 0 Å². The zero-order chi connectivity index (χ0) is 15.2. The van der Waals surface area contributed by atoms with E-state index in [4.69, 9.17) is 9.47 Å². The second kappa shape index (κ2) is 7.02. The summed E-state index contributed by atoms with van der Waals surface area (Å²) in [5.41, 5.74) is 4.99. The number of methoxy groups -OCH3 is 1. The largest absolute Gasteiger partial charge is 0.493 e. The minimum atomic E-state index is 0.631. The summed E-state index contributed by atoms with van der Waals surface area (Å²) in [5, 5.41) is 3.44. The van der Waals surface area contributed by atoms with Gasteiger partial charge >= 0.3 is 0 Å². The molecule has 0 heterocycles. The van der Waals surface area contributed by atoms with E-state index in [1.807, 2.05) is 25.1 Å². The average molecular weight is 285 g/mol. The Morgan fingerprint density at radius 1 is 1.05 bits per heavy atom. The van der Waals surface area contributed by atoms with Gasteiger partial charge < -0.3 is 14.8 Å². The molecule has 0 aliphatic rings. The van der Waals surface area contributed by atoms with Crippen molar-refractivity contribution in [1.29, 1.82) is 0 Å². The van der Waals surface area contributed by atoms with Crippen LogP contribution in [0.1, 0.15) is 23.6 Å². The molecule has 3 nitrogen and oxygen atoms in total. The van der Waals surface area contributed by atoms with Gasteiger partial charge in [0.2, 0.25) is 0 Å². The molecule has 0 amide bonds. The molecule has 0 unspecified atom stereocenters. The van der Waals surface area contributed by atoms with Crippen LogP contribution in [0.3, 0.4) is 0 Å². The molecule has 2 aromatic carbocycles. The zero-order valence-electron chi connectivity index (χ0n) is 13.2. The molecule has 0 aliphatic heterocycles. The van der Waals surface area contributed by atoms with Crippen LogP contribution in [-0.2, 0) is 6.54 Å². The smallest absolute Gasteiger partial charge is 0.162 e. The Morgan fingerprint density at radius 3 is 2.57 bits per heavy atom. The first kappa shape index (κ1) is 15.2. The maximum absolute atomic E-state index is 5.53. The average Bonchev–Trinajstić information content (AvgIpc) is 2.50. The Hall–Kier alpha value is -2.16. The predicted octanol–water partition coefficient (Wildman–Crippen LogP) is 4.32. The van der Waals surface area contributed by atoms with Crippen molar-refractivity contribution < 1.29 is 9.47 Å². The fraction of sp³-hybridized carbons (Fsp3) is 0.333. The molecule has 1 N–H and O–H groups in total. The summed E-state index contributed by atoms with van der Waals surface area (Å²) in [4.78, 5) is 0. The van der Waals surface area contributed by atoms with E-state index >= 15 is 0 Å². The third-order valence-electron chi connectivity index (χ3n) is 3.66. The molecule has 0 saturated carbocycles. The van der Waals surface area contributed by atoms with Gasteiger partial charge in [0.05, 0.1) is 13.7 Å². The predicted molar refractivity (Wildman–Crippen MR) is 87.4 cm³/mol. The summed E-state index contributed by atoms with van der Waals surface area (Å²) in [7, 11) is 1.66. The van der Waals surface area contributed by atoms with Crippen molar-refractivity contribution >= 4 is 5.69 Å². The molecule has 0 radical (unpaired) electrons. The molecule has 2 rings (SSSR count). The number of benzene rings is 2. The van der Waals surface area contributed by atoms with Crippen LogP contribution in [0.25, 0.3) is 0 Å². The first-order chi connectivity index (χ1) is 10.2. The van der Waals surface area contributed by atoms with Crippen LogP contribution in [0.4, 0.5) is 5.69 Å². The van der Waals surface area contributed by atoms with E-state index in [1.54, 1.807) is 7.11 Å². The first-order valence-electron chi connectivity index (χ1n) is 7.25. The van der Waals surface area contributed by atoms with E-state index in [2.05, 4.69) is 37.4 Å². The lowest BCUT2D eigenvalue weighted by Gasteiger charge is -2.14. The minimum absolute atomic E-state index is 0.631. The highest BCUT2D eigenvalue weighted by atomic mass is 16.5. The maximum atomic E-state index is 5.53. The Labute approximate surface area is 126 Å². The quantitative estimate of drug-likeness (QED) is 0.857. The first-order valence-corrected chi connectivity index (χ1v) is 7.25. The van der Waals surface area contributed by atoms with Crippen molar-refractivity contribution in [2.75, 3.05) is 19.0 Å². The van der Waals surface area contributed by atoms with Crippen LogP contribution in [-0.4, -0.2) is 13.7 Å². The molecule has 2 aromatic rings. The van der Waals surface area contributed by atoms with Crippen molar-refractivity contribution in [1.82, 2.24) is 0 Å². The third kappa shape index (κ3) is 3.69. The van der Waals surface area contributed by atoms with Crippen molar-refractivity contribution in [3.8, 4) is 11.5 Å². The molecular formula is C18H23NO2. The number of nitrogens with one attached hydrogen (secondary N) is 1. The molecule has 112 valence electrons. The Bertz CT molecular complexity index is 608. The molecule has 3 heteroatoms. The van der Waals surface area contributed by atoms with Gasteiger partial charge in [0, 0.05) is 18.3 Å². The fourth-order valence-electron chi connectivity index (χ4n) is 2.25. The lowest BCUT2D eigenvalue weighted by molar-refractivity contribution is 0.311. The highest BCUT2D eigenvalue weighted by Crippen LogP contribution is 2.30. The second-order valence-corrected chi connectivity index (χ2v) is 5.01. The van der Waals surface area contributed by atoms with Crippen LogP contribution in [0.5, 0.6) is 11.5 Å². The molecule has 0 aromatic heterocycles. The topological polar surface area (TPSA) is 30.5 Å². The summed E-state index contributed by atoms with van der Waals surface area (Å²) in [5.74, 6) is 1.53. The van der Waals surface area contributed by atoms with E-state index in [1.165, 1.54) is 16.7 Å². The number of anilines is 1. The van der Waals surface area contributed by atoms with E-state index in [-0.39, 0.29) is 0 Å². The molecule has 0 saturated heterocycles. The van der Waals surface area contributed by atoms with Gasteiger partial charge in [0.15, 0.2) is 11.5 Å². The maximum Gasteiger partial charge on any atom is 0.162 e. The van der Waals surface area contributed by atoms with Crippen LogP contribution in [0.2, 0.25) is 0 Å². The lowest BCUT2D eigenvalue weighted by Crippen LogP contribution is -2.03. The Morgan fingerprint density at radius 2 is 1.86 bits per heavy atom. The molecular weight excluding hydrogens is 262 g/mol. The SMILES string of the molecule is CCOc1ccc(NCc2cccc(C)c2C)cc1OC. The Balaban J connectivity index is 2.11. The van der Waals surface area contributed by atoms with Gasteiger partial charge in [-0.25, -0.2) is 0 Å². The number of aryl methyl sites for hydroxylation is 1. The number of ether oxygens (including phenoxy) is 2. The lowest BCUT2D eigenvalue weighted by atomic mass is 10.0. The highest BCUT2D eigenvalue weighted by Gasteiger charge is 2.06. The normalized spacial score (nSPS) is 10.3. The van der Waals surface area contributed by atoms with Crippen LogP contribution < -0.4 is 14.8 Å². The minimum Gasteiger partial charge on any atom is -0.493 e. The number of hydrogen-bond acceptors (Lipinski definition) is 3. The summed E-state index contributed by atoms with van der Waals surface area (Å²) < 4.78 is 10.9. The summed E-state index contributed by atoms with van der Waals surface area (Å²) in [6.07, 6.45) is 0. The summed E-state index contributed by atoms with van der Waals surface area (Å²) in [6, 6.07) is 12.3. The standard InChI is InChI=1S/C18H23NO2/c1-5-21-17-10-9-16(11-18(17)20-4)19-12-15-8-6-7-13(2)14(15)3/h6-11,19H,5,12H2,1-4H3. The van der Waals surface area contributed by atoms with Crippen LogP contribution in [0.15, 0.2) is 36.4 Å². The van der Waals surface area contributed by atoms with Gasteiger partial charge in [-0.3, -0.25) is 0 Å². The summed E-state index contributed by atoms with van der Waals surface area (Å²) in [6.45, 7) is 7.69. The molecule has 0 bridgehead atoms. The van der Waals surface area contributed by atoms with Crippen LogP contribution in [0, 0.1) is 13.8 Å². The van der Waals surface area contributed by atoms with Gasteiger partial charge in [-0.05, 0) is 49.6 Å². The van der Waals surface area contributed by atoms with Crippen LogP contribution >= 0.6 is 0 Å². The van der Waals surface area contributed by atoms with Crippen molar-refractivity contribution in [2.24, 2.45) is 0 Å². The molecule has 0 atom stereocenters. The third-order valence-corrected chi connectivity index (χ3v) is 3.66. The fourth-order valence-corrected chi connectivity index (χ4v) is 2.25. The highest BCUT2D eigenvalue weighted by molar-refractivity contribution is 5.55. The zero-order valence-corrected chi connectivity index (χ0v) is 13.2. The molecule has 0 aliphatic carbocycles. The molecule has 0 fully saturated rings. The van der Waals surface area contributed by atoms with Gasteiger partial charge in [-0.15, -0.1) is 0 Å². The van der Waals surface area contributed by atoms with Crippen molar-refractivity contribution in [3.63, 3.8) is 0 Å². The van der Waals surface area contributed by atoms with E-state index in [0.717, 1.165) is 23.7 Å². The van der Waals surface area contributed by atoms with Gasteiger partial charge in [-0.1, -0.05) is 18.2 Å². The Kier molecular flexibility index (Phi) is 5.09. The van der Waals surface area contributed by atoms with Gasteiger partial charge in [0.25, 0.3) is 0 Å². The second-order valence-electron chi connectivity index (χ2n) is 5.01. The van der Waals surface area contributed by atoms with E-state index < -0.39 is 0 Å². The van der Waals surface area contributed by atoms with Gasteiger partial charge in [-0.2, -0.15) is 0 Å². The summed E-state index contributed by atoms with van der Waals surface area (Å²) >= 11 is 0. The molecule has 0 spiro atoms. The number of hydrogen-bond donors (Lipinski definition) is 1. The monoisotopic (exact) mass is 285 g/mol. The number of rotatable bonds is 6. The molecule has 21 heavy (non-hydrogen) atoms. The van der Waals surface area contributed by atoms with Gasteiger partial charge in [0.1, 0.15) is 0 Å². The van der Waals surface area contributed by atoms with Crippen molar-refractivity contribution in [3.05, 3.63) is 53.1 Å².